The van der Waals surface area contributed by atoms with Gasteiger partial charge < -0.3 is 20.1 Å². The van der Waals surface area contributed by atoms with Crippen LogP contribution in [0.2, 0.25) is 0 Å². The number of carbonyl (C=O) groups excluding carboxylic acids is 1. The molecule has 5 heteroatoms. The summed E-state index contributed by atoms with van der Waals surface area (Å²) in [6.07, 6.45) is 1.68. The normalized spacial score (nSPS) is 22.3. The van der Waals surface area contributed by atoms with Gasteiger partial charge in [0.1, 0.15) is 6.61 Å². The van der Waals surface area contributed by atoms with E-state index in [-0.39, 0.29) is 12.5 Å². The first-order valence-electron chi connectivity index (χ1n) is 7.20. The number of hydrogen-bond acceptors (Lipinski definition) is 4. The van der Waals surface area contributed by atoms with E-state index in [9.17, 15) is 4.79 Å². The summed E-state index contributed by atoms with van der Waals surface area (Å²) >= 11 is 0. The summed E-state index contributed by atoms with van der Waals surface area (Å²) in [6.45, 7) is 3.07. The van der Waals surface area contributed by atoms with Crippen LogP contribution in [-0.2, 0) is 4.79 Å². The van der Waals surface area contributed by atoms with Gasteiger partial charge in [0.15, 0.2) is 11.5 Å². The Hall–Kier alpha value is -1.75. The van der Waals surface area contributed by atoms with E-state index in [0.29, 0.717) is 17.4 Å². The van der Waals surface area contributed by atoms with Crippen LogP contribution >= 0.6 is 0 Å². The minimum absolute atomic E-state index is 0.0852. The standard InChI is InChI=1S/C15H20N2O3/c18-15(17-9-11-5-7-16-8-6-11)14-10-19-12-3-1-2-4-13(12)20-14/h1-4,11,14,16H,5-10H2,(H,17,18)/t14-/m0/s1. The number of piperidine rings is 1. The van der Waals surface area contributed by atoms with Gasteiger partial charge in [-0.15, -0.1) is 0 Å². The third-order valence-corrected chi connectivity index (χ3v) is 3.82. The molecule has 1 saturated heterocycles. The van der Waals surface area contributed by atoms with Crippen molar-refractivity contribution in [3.05, 3.63) is 24.3 Å². The number of para-hydroxylation sites is 2. The zero-order valence-corrected chi connectivity index (χ0v) is 11.4. The second kappa shape index (κ2) is 6.13. The van der Waals surface area contributed by atoms with E-state index >= 15 is 0 Å². The fourth-order valence-corrected chi connectivity index (χ4v) is 2.59. The van der Waals surface area contributed by atoms with E-state index in [1.54, 1.807) is 0 Å². The lowest BCUT2D eigenvalue weighted by Gasteiger charge is -2.27. The van der Waals surface area contributed by atoms with E-state index in [0.717, 1.165) is 32.5 Å². The van der Waals surface area contributed by atoms with Gasteiger partial charge in [0.2, 0.25) is 6.10 Å². The van der Waals surface area contributed by atoms with Gasteiger partial charge in [-0.2, -0.15) is 0 Å². The Morgan fingerprint density at radius 2 is 2.00 bits per heavy atom. The summed E-state index contributed by atoms with van der Waals surface area (Å²) in [5, 5.41) is 6.30. The molecule has 1 atom stereocenters. The highest BCUT2D eigenvalue weighted by molar-refractivity contribution is 5.81. The lowest BCUT2D eigenvalue weighted by atomic mass is 9.98. The van der Waals surface area contributed by atoms with E-state index < -0.39 is 6.10 Å². The van der Waals surface area contributed by atoms with Crippen molar-refractivity contribution in [2.45, 2.75) is 18.9 Å². The Morgan fingerprint density at radius 3 is 2.80 bits per heavy atom. The fraction of sp³-hybridized carbons (Fsp3) is 0.533. The molecule has 20 heavy (non-hydrogen) atoms. The van der Waals surface area contributed by atoms with Gasteiger partial charge in [-0.3, -0.25) is 4.79 Å². The predicted octanol–water partition coefficient (Wildman–Crippen LogP) is 0.942. The molecule has 1 aromatic carbocycles. The number of hydrogen-bond donors (Lipinski definition) is 2. The lowest BCUT2D eigenvalue weighted by molar-refractivity contribution is -0.130. The van der Waals surface area contributed by atoms with Gasteiger partial charge in [0, 0.05) is 6.54 Å². The molecule has 1 amide bonds. The first kappa shape index (κ1) is 13.2. The number of ether oxygens (including phenoxy) is 2. The van der Waals surface area contributed by atoms with Gasteiger partial charge >= 0.3 is 0 Å². The molecule has 0 bridgehead atoms. The van der Waals surface area contributed by atoms with Crippen LogP contribution in [0.25, 0.3) is 0 Å². The van der Waals surface area contributed by atoms with E-state index in [4.69, 9.17) is 9.47 Å². The molecule has 2 N–H and O–H groups in total. The summed E-state index contributed by atoms with van der Waals surface area (Å²) in [4.78, 5) is 12.1. The topological polar surface area (TPSA) is 59.6 Å². The van der Waals surface area contributed by atoms with Crippen molar-refractivity contribution in [2.75, 3.05) is 26.2 Å². The number of fused-ring (bicyclic) bond motifs is 1. The third kappa shape index (κ3) is 3.04. The highest BCUT2D eigenvalue weighted by Gasteiger charge is 2.27. The van der Waals surface area contributed by atoms with Crippen LogP contribution in [0, 0.1) is 5.92 Å². The quantitative estimate of drug-likeness (QED) is 0.862. The van der Waals surface area contributed by atoms with E-state index in [1.807, 2.05) is 24.3 Å². The predicted molar refractivity (Wildman–Crippen MR) is 75.0 cm³/mol. The number of amides is 1. The maximum atomic E-state index is 12.1. The Labute approximate surface area is 118 Å². The number of carbonyl (C=O) groups is 1. The second-order valence-electron chi connectivity index (χ2n) is 5.30. The minimum Gasteiger partial charge on any atom is -0.485 e. The molecule has 3 rings (SSSR count). The van der Waals surface area contributed by atoms with E-state index in [2.05, 4.69) is 10.6 Å². The number of rotatable bonds is 3. The van der Waals surface area contributed by atoms with Gasteiger partial charge in [0.25, 0.3) is 5.91 Å². The molecule has 108 valence electrons. The molecule has 1 fully saturated rings. The Kier molecular flexibility index (Phi) is 4.06. The molecule has 2 aliphatic heterocycles. The van der Waals surface area contributed by atoms with Crippen LogP contribution in [0.5, 0.6) is 11.5 Å². The summed E-state index contributed by atoms with van der Waals surface area (Å²) in [7, 11) is 0. The molecule has 1 aromatic rings. The van der Waals surface area contributed by atoms with Crippen LogP contribution in [0.4, 0.5) is 0 Å². The van der Waals surface area contributed by atoms with Crippen LogP contribution in [0.3, 0.4) is 0 Å². The molecule has 2 heterocycles. The third-order valence-electron chi connectivity index (χ3n) is 3.82. The number of benzene rings is 1. The van der Waals surface area contributed by atoms with Crippen molar-refractivity contribution in [3.8, 4) is 11.5 Å². The molecule has 5 nitrogen and oxygen atoms in total. The Bertz CT molecular complexity index is 472. The molecule has 0 aliphatic carbocycles. The molecular weight excluding hydrogens is 256 g/mol. The zero-order valence-electron chi connectivity index (χ0n) is 11.4. The highest BCUT2D eigenvalue weighted by Crippen LogP contribution is 2.30. The Balaban J connectivity index is 1.51. The first-order valence-corrected chi connectivity index (χ1v) is 7.20. The summed E-state index contributed by atoms with van der Waals surface area (Å²) in [5.74, 6) is 1.82. The van der Waals surface area contributed by atoms with Gasteiger partial charge in [0.05, 0.1) is 0 Å². The molecule has 2 aliphatic rings. The fourth-order valence-electron chi connectivity index (χ4n) is 2.59. The number of nitrogens with one attached hydrogen (secondary N) is 2. The molecule has 0 radical (unpaired) electrons. The second-order valence-corrected chi connectivity index (χ2v) is 5.30. The summed E-state index contributed by atoms with van der Waals surface area (Å²) < 4.78 is 11.2. The smallest absolute Gasteiger partial charge is 0.264 e. The molecule has 0 unspecified atom stereocenters. The summed E-state index contributed by atoms with van der Waals surface area (Å²) in [6, 6.07) is 7.43. The highest BCUT2D eigenvalue weighted by atomic mass is 16.6. The molecule has 0 aromatic heterocycles. The van der Waals surface area contributed by atoms with Crippen molar-refractivity contribution in [3.63, 3.8) is 0 Å². The van der Waals surface area contributed by atoms with Crippen LogP contribution in [-0.4, -0.2) is 38.3 Å². The minimum atomic E-state index is -0.549. The Morgan fingerprint density at radius 1 is 1.25 bits per heavy atom. The van der Waals surface area contributed by atoms with Crippen molar-refractivity contribution in [1.29, 1.82) is 0 Å². The van der Waals surface area contributed by atoms with Crippen molar-refractivity contribution in [2.24, 2.45) is 5.92 Å². The van der Waals surface area contributed by atoms with Crippen molar-refractivity contribution < 1.29 is 14.3 Å². The monoisotopic (exact) mass is 276 g/mol. The van der Waals surface area contributed by atoms with Crippen LogP contribution in [0.15, 0.2) is 24.3 Å². The average Bonchev–Trinajstić information content (AvgIpc) is 2.53. The molecular formula is C15H20N2O3. The van der Waals surface area contributed by atoms with Gasteiger partial charge in [-0.1, -0.05) is 12.1 Å². The zero-order chi connectivity index (χ0) is 13.8. The average molecular weight is 276 g/mol. The molecule has 0 spiro atoms. The lowest BCUT2D eigenvalue weighted by Crippen LogP contribution is -2.46. The van der Waals surface area contributed by atoms with Crippen molar-refractivity contribution >= 4 is 5.91 Å². The maximum Gasteiger partial charge on any atom is 0.264 e. The SMILES string of the molecule is O=C(NCC1CCNCC1)[C@@H]1COc2ccccc2O1. The summed E-state index contributed by atoms with van der Waals surface area (Å²) in [5.41, 5.74) is 0. The van der Waals surface area contributed by atoms with Crippen molar-refractivity contribution in [1.82, 2.24) is 10.6 Å². The van der Waals surface area contributed by atoms with Gasteiger partial charge in [-0.25, -0.2) is 0 Å². The van der Waals surface area contributed by atoms with Crippen LogP contribution < -0.4 is 20.1 Å². The van der Waals surface area contributed by atoms with Gasteiger partial charge in [-0.05, 0) is 44.0 Å². The van der Waals surface area contributed by atoms with E-state index in [1.165, 1.54) is 0 Å². The maximum absolute atomic E-state index is 12.1. The first-order chi connectivity index (χ1) is 9.83. The molecule has 0 saturated carbocycles. The van der Waals surface area contributed by atoms with Crippen LogP contribution in [0.1, 0.15) is 12.8 Å². The largest absolute Gasteiger partial charge is 0.485 e.